The Labute approximate surface area is 74.2 Å². The second kappa shape index (κ2) is 6.85. The smallest absolute Gasteiger partial charge is 0.221 e. The van der Waals surface area contributed by atoms with E-state index in [1.165, 1.54) is 0 Å². The molecule has 0 spiro atoms. The highest BCUT2D eigenvalue weighted by Crippen LogP contribution is 1.91. The molecule has 3 nitrogen and oxygen atoms in total. The molecule has 0 aromatic carbocycles. The number of nitrogens with one attached hydrogen (secondary N) is 2. The van der Waals surface area contributed by atoms with Gasteiger partial charge >= 0.3 is 0 Å². The first kappa shape index (κ1) is 11.2. The van der Waals surface area contributed by atoms with Crippen LogP contribution < -0.4 is 10.6 Å². The Morgan fingerprint density at radius 2 is 2.33 bits per heavy atom. The number of amides is 1. The minimum Gasteiger partial charge on any atom is -0.353 e. The molecule has 1 atom stereocenters. The van der Waals surface area contributed by atoms with E-state index in [0.717, 1.165) is 13.0 Å². The predicted molar refractivity (Wildman–Crippen MR) is 51.0 cm³/mol. The molecule has 0 rings (SSSR count). The fraction of sp³-hybridized carbons (Fsp3) is 0.667. The molecule has 0 aromatic heterocycles. The van der Waals surface area contributed by atoms with E-state index in [0.29, 0.717) is 6.42 Å². The Bertz CT molecular complexity index is 145. The minimum absolute atomic E-state index is 0.0960. The van der Waals surface area contributed by atoms with Crippen LogP contribution in [0, 0.1) is 0 Å². The van der Waals surface area contributed by atoms with Gasteiger partial charge in [-0.2, -0.15) is 0 Å². The zero-order chi connectivity index (χ0) is 9.40. The summed E-state index contributed by atoms with van der Waals surface area (Å²) in [5.41, 5.74) is 0. The molecule has 0 saturated carbocycles. The van der Waals surface area contributed by atoms with Crippen molar-refractivity contribution in [1.29, 1.82) is 0 Å². The quantitative estimate of drug-likeness (QED) is 0.575. The van der Waals surface area contributed by atoms with E-state index < -0.39 is 0 Å². The van der Waals surface area contributed by atoms with Crippen molar-refractivity contribution < 1.29 is 4.79 Å². The zero-order valence-corrected chi connectivity index (χ0v) is 7.89. The Morgan fingerprint density at radius 3 is 2.83 bits per heavy atom. The third-order valence-corrected chi connectivity index (χ3v) is 1.53. The molecule has 0 heterocycles. The molecule has 0 radical (unpaired) electrons. The molecule has 3 heteroatoms. The largest absolute Gasteiger partial charge is 0.353 e. The van der Waals surface area contributed by atoms with Gasteiger partial charge in [-0.3, -0.25) is 4.79 Å². The molecule has 70 valence electrons. The van der Waals surface area contributed by atoms with Crippen molar-refractivity contribution in [2.24, 2.45) is 0 Å². The van der Waals surface area contributed by atoms with Crippen LogP contribution in [0.4, 0.5) is 0 Å². The molecule has 1 unspecified atom stereocenters. The second-order valence-corrected chi connectivity index (χ2v) is 2.85. The highest BCUT2D eigenvalue weighted by atomic mass is 16.1. The van der Waals surface area contributed by atoms with Gasteiger partial charge in [-0.05, 0) is 20.4 Å². The van der Waals surface area contributed by atoms with Crippen molar-refractivity contribution in [2.75, 3.05) is 13.6 Å². The number of hydrogen-bond donors (Lipinski definition) is 2. The van der Waals surface area contributed by atoms with Gasteiger partial charge in [0, 0.05) is 19.0 Å². The van der Waals surface area contributed by atoms with Crippen molar-refractivity contribution in [3.8, 4) is 0 Å². The molecular weight excluding hydrogens is 152 g/mol. The highest BCUT2D eigenvalue weighted by Gasteiger charge is 2.03. The van der Waals surface area contributed by atoms with Crippen LogP contribution in [0.3, 0.4) is 0 Å². The van der Waals surface area contributed by atoms with E-state index in [1.54, 1.807) is 0 Å². The maximum atomic E-state index is 11.1. The summed E-state index contributed by atoms with van der Waals surface area (Å²) in [7, 11) is 1.83. The standard InChI is InChI=1S/C9H18N2O/c1-4-5-8(2)11-9(12)6-7-10-3/h4,8,10H,1,5-7H2,2-3H3,(H,11,12). The summed E-state index contributed by atoms with van der Waals surface area (Å²) >= 11 is 0. The van der Waals surface area contributed by atoms with Crippen molar-refractivity contribution in [3.05, 3.63) is 12.7 Å². The van der Waals surface area contributed by atoms with Crippen LogP contribution >= 0.6 is 0 Å². The Kier molecular flexibility index (Phi) is 6.38. The lowest BCUT2D eigenvalue weighted by Crippen LogP contribution is -2.33. The van der Waals surface area contributed by atoms with E-state index in [2.05, 4.69) is 17.2 Å². The zero-order valence-electron chi connectivity index (χ0n) is 7.89. The normalized spacial score (nSPS) is 12.2. The summed E-state index contributed by atoms with van der Waals surface area (Å²) in [5.74, 6) is 0.0960. The van der Waals surface area contributed by atoms with E-state index in [9.17, 15) is 4.79 Å². The van der Waals surface area contributed by atoms with Gasteiger partial charge in [0.15, 0.2) is 0 Å². The van der Waals surface area contributed by atoms with E-state index in [1.807, 2.05) is 20.0 Å². The lowest BCUT2D eigenvalue weighted by Gasteiger charge is -2.10. The van der Waals surface area contributed by atoms with Crippen LogP contribution in [0.2, 0.25) is 0 Å². The Balaban J connectivity index is 3.46. The Hall–Kier alpha value is -0.830. The first-order valence-corrected chi connectivity index (χ1v) is 4.25. The molecule has 12 heavy (non-hydrogen) atoms. The summed E-state index contributed by atoms with van der Waals surface area (Å²) in [6, 6.07) is 0.201. The maximum absolute atomic E-state index is 11.1. The molecule has 2 N–H and O–H groups in total. The van der Waals surface area contributed by atoms with E-state index >= 15 is 0 Å². The van der Waals surface area contributed by atoms with Crippen LogP contribution in [0.5, 0.6) is 0 Å². The van der Waals surface area contributed by atoms with Crippen LogP contribution in [-0.2, 0) is 4.79 Å². The van der Waals surface area contributed by atoms with Crippen LogP contribution in [0.15, 0.2) is 12.7 Å². The summed E-state index contributed by atoms with van der Waals surface area (Å²) in [4.78, 5) is 11.1. The third-order valence-electron chi connectivity index (χ3n) is 1.53. The molecule has 0 aliphatic rings. The molecule has 1 amide bonds. The number of hydrogen-bond acceptors (Lipinski definition) is 2. The van der Waals surface area contributed by atoms with E-state index in [-0.39, 0.29) is 11.9 Å². The number of carbonyl (C=O) groups is 1. The lowest BCUT2D eigenvalue weighted by molar-refractivity contribution is -0.121. The maximum Gasteiger partial charge on any atom is 0.221 e. The molecule has 0 fully saturated rings. The SMILES string of the molecule is C=CCC(C)NC(=O)CCNC. The number of rotatable bonds is 6. The van der Waals surface area contributed by atoms with Gasteiger partial charge in [0.2, 0.25) is 5.91 Å². The van der Waals surface area contributed by atoms with Gasteiger partial charge < -0.3 is 10.6 Å². The van der Waals surface area contributed by atoms with Gasteiger partial charge in [0.05, 0.1) is 0 Å². The second-order valence-electron chi connectivity index (χ2n) is 2.85. The van der Waals surface area contributed by atoms with Gasteiger partial charge in [-0.1, -0.05) is 6.08 Å². The molecular formula is C9H18N2O. The van der Waals surface area contributed by atoms with Crippen LogP contribution in [0.1, 0.15) is 19.8 Å². The molecule has 0 aromatic rings. The van der Waals surface area contributed by atoms with Crippen molar-refractivity contribution in [2.45, 2.75) is 25.8 Å². The third kappa shape index (κ3) is 5.92. The summed E-state index contributed by atoms with van der Waals surface area (Å²) in [5, 5.41) is 5.79. The van der Waals surface area contributed by atoms with Crippen LogP contribution in [-0.4, -0.2) is 25.5 Å². The minimum atomic E-state index is 0.0960. The van der Waals surface area contributed by atoms with Crippen molar-refractivity contribution >= 4 is 5.91 Å². The number of carbonyl (C=O) groups excluding carboxylic acids is 1. The van der Waals surface area contributed by atoms with Gasteiger partial charge in [0.25, 0.3) is 0 Å². The fourth-order valence-electron chi connectivity index (χ4n) is 0.894. The van der Waals surface area contributed by atoms with Crippen molar-refractivity contribution in [3.63, 3.8) is 0 Å². The summed E-state index contributed by atoms with van der Waals surface area (Å²) < 4.78 is 0. The molecule has 0 bridgehead atoms. The fourth-order valence-corrected chi connectivity index (χ4v) is 0.894. The predicted octanol–water partition coefficient (Wildman–Crippen LogP) is 0.677. The highest BCUT2D eigenvalue weighted by molar-refractivity contribution is 5.76. The monoisotopic (exact) mass is 170 g/mol. The first-order chi connectivity index (χ1) is 5.70. The summed E-state index contributed by atoms with van der Waals surface area (Å²) in [6.45, 7) is 6.31. The van der Waals surface area contributed by atoms with Gasteiger partial charge in [-0.25, -0.2) is 0 Å². The molecule has 0 aliphatic heterocycles. The Morgan fingerprint density at radius 1 is 1.67 bits per heavy atom. The molecule has 0 saturated heterocycles. The van der Waals surface area contributed by atoms with E-state index in [4.69, 9.17) is 0 Å². The first-order valence-electron chi connectivity index (χ1n) is 4.25. The van der Waals surface area contributed by atoms with Gasteiger partial charge in [-0.15, -0.1) is 6.58 Å². The average molecular weight is 170 g/mol. The van der Waals surface area contributed by atoms with Gasteiger partial charge in [0.1, 0.15) is 0 Å². The molecule has 0 aliphatic carbocycles. The summed E-state index contributed by atoms with van der Waals surface area (Å²) in [6.07, 6.45) is 3.17. The average Bonchev–Trinajstić information content (AvgIpc) is 2.01. The lowest BCUT2D eigenvalue weighted by atomic mass is 10.2. The van der Waals surface area contributed by atoms with Crippen LogP contribution in [0.25, 0.3) is 0 Å². The topological polar surface area (TPSA) is 41.1 Å². The van der Waals surface area contributed by atoms with Crippen molar-refractivity contribution in [1.82, 2.24) is 10.6 Å².